The Labute approximate surface area is 123 Å². The van der Waals surface area contributed by atoms with Gasteiger partial charge in [0.05, 0.1) is 22.7 Å². The van der Waals surface area contributed by atoms with Gasteiger partial charge < -0.3 is 4.90 Å². The molecule has 0 saturated carbocycles. The summed E-state index contributed by atoms with van der Waals surface area (Å²) in [4.78, 5) is 10.8. The molecule has 2 rings (SSSR count). The molecule has 2 heterocycles. The average molecular weight is 292 g/mol. The Hall–Kier alpha value is -1.88. The normalized spacial score (nSPS) is 11.3. The van der Waals surface area contributed by atoms with Gasteiger partial charge in [0, 0.05) is 20.2 Å². The zero-order valence-electron chi connectivity index (χ0n) is 12.3. The third-order valence-electron chi connectivity index (χ3n) is 2.75. The number of aryl methyl sites for hydroxylation is 3. The Bertz CT molecular complexity index is 658. The van der Waals surface area contributed by atoms with E-state index in [1.165, 1.54) is 0 Å². The standard InChI is InChI=1S/C14H18ClN5/c1-9-6-12(15)11(3)17-14(9)20-13(7-10(2)18-20)16-8-19(4)5/h6-8H,1-5H3/b16-8+. The first kappa shape index (κ1) is 14.5. The number of aliphatic imine (C=N–C) groups is 1. The van der Waals surface area contributed by atoms with E-state index >= 15 is 0 Å². The molecule has 0 aliphatic rings. The highest BCUT2D eigenvalue weighted by Gasteiger charge is 2.12. The van der Waals surface area contributed by atoms with Crippen molar-refractivity contribution >= 4 is 23.8 Å². The molecule has 20 heavy (non-hydrogen) atoms. The molecule has 0 bridgehead atoms. The van der Waals surface area contributed by atoms with E-state index in [-0.39, 0.29) is 0 Å². The van der Waals surface area contributed by atoms with Gasteiger partial charge >= 0.3 is 0 Å². The zero-order valence-corrected chi connectivity index (χ0v) is 13.1. The van der Waals surface area contributed by atoms with Gasteiger partial charge in [-0.05, 0) is 32.4 Å². The van der Waals surface area contributed by atoms with Crippen LogP contribution in [0.3, 0.4) is 0 Å². The third kappa shape index (κ3) is 2.99. The smallest absolute Gasteiger partial charge is 0.159 e. The molecule has 0 fully saturated rings. The average Bonchev–Trinajstić information content (AvgIpc) is 2.72. The van der Waals surface area contributed by atoms with Crippen LogP contribution >= 0.6 is 11.6 Å². The first-order chi connectivity index (χ1) is 9.38. The summed E-state index contributed by atoms with van der Waals surface area (Å²) in [6.07, 6.45) is 1.74. The van der Waals surface area contributed by atoms with E-state index in [0.717, 1.165) is 28.6 Å². The Balaban J connectivity index is 2.55. The summed E-state index contributed by atoms with van der Waals surface area (Å²) in [5.74, 6) is 1.50. The Kier molecular flexibility index (Phi) is 4.09. The number of pyridine rings is 1. The van der Waals surface area contributed by atoms with Gasteiger partial charge in [0.2, 0.25) is 0 Å². The fourth-order valence-corrected chi connectivity index (χ4v) is 1.99. The summed E-state index contributed by atoms with van der Waals surface area (Å²) < 4.78 is 1.74. The van der Waals surface area contributed by atoms with Crippen molar-refractivity contribution in [2.24, 2.45) is 4.99 Å². The second-order valence-corrected chi connectivity index (χ2v) is 5.37. The Morgan fingerprint density at radius 1 is 1.25 bits per heavy atom. The van der Waals surface area contributed by atoms with Crippen LogP contribution in [0.2, 0.25) is 5.02 Å². The number of hydrogen-bond donors (Lipinski definition) is 0. The van der Waals surface area contributed by atoms with Crippen LogP contribution < -0.4 is 0 Å². The van der Waals surface area contributed by atoms with Gasteiger partial charge in [-0.3, -0.25) is 0 Å². The summed E-state index contributed by atoms with van der Waals surface area (Å²) in [5, 5.41) is 5.13. The quantitative estimate of drug-likeness (QED) is 0.645. The largest absolute Gasteiger partial charge is 0.369 e. The molecule has 106 valence electrons. The molecule has 0 aromatic carbocycles. The summed E-state index contributed by atoms with van der Waals surface area (Å²) in [6.45, 7) is 5.78. The second kappa shape index (κ2) is 5.63. The van der Waals surface area contributed by atoms with Crippen LogP contribution in [0.5, 0.6) is 0 Å². The molecule has 0 unspecified atom stereocenters. The number of nitrogens with zero attached hydrogens (tertiary/aromatic N) is 5. The van der Waals surface area contributed by atoms with Crippen LogP contribution in [0.15, 0.2) is 17.1 Å². The minimum Gasteiger partial charge on any atom is -0.369 e. The monoisotopic (exact) mass is 291 g/mol. The van der Waals surface area contributed by atoms with Crippen molar-refractivity contribution < 1.29 is 0 Å². The first-order valence-electron chi connectivity index (χ1n) is 6.30. The SMILES string of the molecule is Cc1cc(/N=C/N(C)C)n(-c2nc(C)c(Cl)cc2C)n1. The van der Waals surface area contributed by atoms with Gasteiger partial charge in [-0.15, -0.1) is 0 Å². The van der Waals surface area contributed by atoms with Crippen LogP contribution in [-0.4, -0.2) is 40.1 Å². The fraction of sp³-hybridized carbons (Fsp3) is 0.357. The van der Waals surface area contributed by atoms with Gasteiger partial charge in [-0.25, -0.2) is 9.98 Å². The molecule has 0 aliphatic carbocycles. The van der Waals surface area contributed by atoms with Crippen LogP contribution in [0.1, 0.15) is 17.0 Å². The van der Waals surface area contributed by atoms with E-state index in [9.17, 15) is 0 Å². The summed E-state index contributed by atoms with van der Waals surface area (Å²) in [5.41, 5.74) is 2.64. The van der Waals surface area contributed by atoms with Gasteiger partial charge in [0.15, 0.2) is 11.6 Å². The molecule has 0 amide bonds. The summed E-state index contributed by atoms with van der Waals surface area (Å²) in [7, 11) is 3.85. The van der Waals surface area contributed by atoms with E-state index in [1.54, 1.807) is 11.0 Å². The zero-order chi connectivity index (χ0) is 14.9. The minimum atomic E-state index is 0.661. The lowest BCUT2D eigenvalue weighted by molar-refractivity contribution is 0.642. The topological polar surface area (TPSA) is 46.3 Å². The lowest BCUT2D eigenvalue weighted by atomic mass is 10.2. The van der Waals surface area contributed by atoms with Crippen molar-refractivity contribution in [3.05, 3.63) is 34.1 Å². The van der Waals surface area contributed by atoms with E-state index in [0.29, 0.717) is 5.02 Å². The number of aromatic nitrogens is 3. The van der Waals surface area contributed by atoms with Gasteiger partial charge in [-0.1, -0.05) is 11.6 Å². The lowest BCUT2D eigenvalue weighted by Gasteiger charge is -2.09. The maximum absolute atomic E-state index is 6.09. The van der Waals surface area contributed by atoms with E-state index in [2.05, 4.69) is 15.1 Å². The molecule has 0 aliphatic heterocycles. The molecule has 0 saturated heterocycles. The Morgan fingerprint density at radius 3 is 2.60 bits per heavy atom. The van der Waals surface area contributed by atoms with Gasteiger partial charge in [0.25, 0.3) is 0 Å². The maximum atomic E-state index is 6.09. The molecular formula is C14H18ClN5. The molecule has 0 radical (unpaired) electrons. The van der Waals surface area contributed by atoms with Crippen LogP contribution in [0, 0.1) is 20.8 Å². The molecular weight excluding hydrogens is 274 g/mol. The molecule has 2 aromatic rings. The number of hydrogen-bond acceptors (Lipinski definition) is 3. The predicted octanol–water partition coefficient (Wildman–Crippen LogP) is 3.07. The van der Waals surface area contributed by atoms with Crippen molar-refractivity contribution in [3.8, 4) is 5.82 Å². The van der Waals surface area contributed by atoms with Crippen LogP contribution in [-0.2, 0) is 0 Å². The first-order valence-corrected chi connectivity index (χ1v) is 6.67. The van der Waals surface area contributed by atoms with Crippen molar-refractivity contribution in [3.63, 3.8) is 0 Å². The lowest BCUT2D eigenvalue weighted by Crippen LogP contribution is -2.08. The van der Waals surface area contributed by atoms with Crippen molar-refractivity contribution in [2.75, 3.05) is 14.1 Å². The molecule has 0 N–H and O–H groups in total. The number of rotatable bonds is 3. The molecule has 6 heteroatoms. The second-order valence-electron chi connectivity index (χ2n) is 4.96. The van der Waals surface area contributed by atoms with Crippen molar-refractivity contribution in [1.82, 2.24) is 19.7 Å². The summed E-state index contributed by atoms with van der Waals surface area (Å²) >= 11 is 6.09. The van der Waals surface area contributed by atoms with Gasteiger partial charge in [-0.2, -0.15) is 9.78 Å². The highest BCUT2D eigenvalue weighted by atomic mass is 35.5. The molecule has 0 atom stereocenters. The molecule has 2 aromatic heterocycles. The predicted molar refractivity (Wildman–Crippen MR) is 82.4 cm³/mol. The molecule has 5 nitrogen and oxygen atoms in total. The van der Waals surface area contributed by atoms with E-state index in [4.69, 9.17) is 11.6 Å². The highest BCUT2D eigenvalue weighted by Crippen LogP contribution is 2.24. The van der Waals surface area contributed by atoms with Crippen molar-refractivity contribution in [2.45, 2.75) is 20.8 Å². The van der Waals surface area contributed by atoms with Crippen LogP contribution in [0.25, 0.3) is 5.82 Å². The fourth-order valence-electron chi connectivity index (χ4n) is 1.78. The number of halogens is 1. The third-order valence-corrected chi connectivity index (χ3v) is 3.13. The van der Waals surface area contributed by atoms with Crippen LogP contribution in [0.4, 0.5) is 5.82 Å². The van der Waals surface area contributed by atoms with Gasteiger partial charge in [0.1, 0.15) is 0 Å². The highest BCUT2D eigenvalue weighted by molar-refractivity contribution is 6.31. The van der Waals surface area contributed by atoms with E-state index < -0.39 is 0 Å². The summed E-state index contributed by atoms with van der Waals surface area (Å²) in [6, 6.07) is 3.82. The molecule has 0 spiro atoms. The van der Waals surface area contributed by atoms with Crippen molar-refractivity contribution in [1.29, 1.82) is 0 Å². The minimum absolute atomic E-state index is 0.661. The Morgan fingerprint density at radius 2 is 1.95 bits per heavy atom. The maximum Gasteiger partial charge on any atom is 0.159 e. The van der Waals surface area contributed by atoms with E-state index in [1.807, 2.05) is 51.9 Å².